The molecule has 0 radical (unpaired) electrons. The summed E-state index contributed by atoms with van der Waals surface area (Å²) < 4.78 is 0. The third-order valence-electron chi connectivity index (χ3n) is 11.4. The maximum absolute atomic E-state index is 12.3. The fraction of sp³-hybridized carbons (Fsp3) is 0.929. The van der Waals surface area contributed by atoms with E-state index >= 15 is 0 Å². The van der Waals surface area contributed by atoms with E-state index in [0.29, 0.717) is 19.3 Å². The highest BCUT2D eigenvalue weighted by atomic mass is 16.3. The fourth-order valence-electron chi connectivity index (χ4n) is 9.38. The molecule has 7 N–H and O–H groups in total. The second-order valence-corrected chi connectivity index (χ2v) is 13.2. The molecule has 4 saturated carbocycles. The van der Waals surface area contributed by atoms with Crippen molar-refractivity contribution in [3.63, 3.8) is 0 Å². The number of aliphatic hydroxyl groups excluding tert-OH is 6. The Labute approximate surface area is 209 Å². The highest BCUT2D eigenvalue weighted by Crippen LogP contribution is 2.69. The summed E-state index contributed by atoms with van der Waals surface area (Å²) in [6, 6.07) is 0. The van der Waals surface area contributed by atoms with Gasteiger partial charge < -0.3 is 35.7 Å². The first kappa shape index (κ1) is 27.5. The van der Waals surface area contributed by atoms with Gasteiger partial charge in [0.15, 0.2) is 0 Å². The van der Waals surface area contributed by atoms with Crippen LogP contribution in [0.4, 0.5) is 0 Å². The molecule has 0 saturated heterocycles. The largest absolute Gasteiger partial charge is 0.396 e. The van der Waals surface area contributed by atoms with Crippen molar-refractivity contribution in [3.05, 3.63) is 12.2 Å². The molecule has 0 aromatic rings. The lowest BCUT2D eigenvalue weighted by Gasteiger charge is -2.66. The summed E-state index contributed by atoms with van der Waals surface area (Å²) in [6.07, 6.45) is 1.53. The molecule has 0 aromatic heterocycles. The second kappa shape index (κ2) is 9.33. The van der Waals surface area contributed by atoms with Crippen molar-refractivity contribution in [1.82, 2.24) is 0 Å². The molecule has 0 aromatic carbocycles. The van der Waals surface area contributed by atoms with E-state index in [0.717, 1.165) is 6.42 Å². The van der Waals surface area contributed by atoms with Gasteiger partial charge >= 0.3 is 0 Å². The molecule has 0 heterocycles. The third kappa shape index (κ3) is 3.96. The smallest absolute Gasteiger partial charge is 0.0863 e. The van der Waals surface area contributed by atoms with Gasteiger partial charge in [-0.25, -0.2) is 0 Å². The molecule has 35 heavy (non-hydrogen) atoms. The Morgan fingerprint density at radius 3 is 2.09 bits per heavy atom. The molecule has 0 spiro atoms. The predicted octanol–water partition coefficient (Wildman–Crippen LogP) is 1.46. The molecule has 7 nitrogen and oxygen atoms in total. The van der Waals surface area contributed by atoms with E-state index in [1.54, 1.807) is 0 Å². The molecule has 0 aliphatic heterocycles. The van der Waals surface area contributed by atoms with Crippen molar-refractivity contribution in [2.75, 3.05) is 6.61 Å². The van der Waals surface area contributed by atoms with Crippen LogP contribution in [-0.4, -0.2) is 78.5 Å². The average molecular weight is 497 g/mol. The van der Waals surface area contributed by atoms with E-state index in [1.165, 1.54) is 0 Å². The van der Waals surface area contributed by atoms with Crippen molar-refractivity contribution in [1.29, 1.82) is 0 Å². The van der Waals surface area contributed by atoms with Crippen LogP contribution in [0.2, 0.25) is 0 Å². The first-order chi connectivity index (χ1) is 16.2. The molecular formula is C28H48O7. The summed E-state index contributed by atoms with van der Waals surface area (Å²) >= 11 is 0. The van der Waals surface area contributed by atoms with Crippen LogP contribution in [0.25, 0.3) is 0 Å². The zero-order valence-electron chi connectivity index (χ0n) is 22.0. The Morgan fingerprint density at radius 2 is 1.46 bits per heavy atom. The Balaban J connectivity index is 1.67. The van der Waals surface area contributed by atoms with Crippen molar-refractivity contribution >= 4 is 0 Å². The van der Waals surface area contributed by atoms with E-state index in [1.807, 2.05) is 20.8 Å². The molecule has 7 heteroatoms. The molecule has 15 atom stereocenters. The average Bonchev–Trinajstić information content (AvgIpc) is 2.99. The number of aliphatic hydroxyl groups is 7. The first-order valence-electron chi connectivity index (χ1n) is 13.7. The molecule has 0 amide bonds. The maximum atomic E-state index is 12.3. The van der Waals surface area contributed by atoms with Crippen molar-refractivity contribution in [3.8, 4) is 0 Å². The van der Waals surface area contributed by atoms with Gasteiger partial charge in [0.05, 0.1) is 36.1 Å². The van der Waals surface area contributed by atoms with E-state index < -0.39 is 58.8 Å². The molecule has 4 rings (SSSR count). The lowest BCUT2D eigenvalue weighted by molar-refractivity contribution is -0.280. The van der Waals surface area contributed by atoms with Gasteiger partial charge in [0.1, 0.15) is 0 Å². The zero-order valence-corrected chi connectivity index (χ0v) is 22.0. The molecule has 4 aliphatic rings. The van der Waals surface area contributed by atoms with Crippen molar-refractivity contribution in [2.45, 2.75) is 103 Å². The normalized spacial score (nSPS) is 54.6. The fourth-order valence-corrected chi connectivity index (χ4v) is 9.38. The first-order valence-corrected chi connectivity index (χ1v) is 13.7. The van der Waals surface area contributed by atoms with Gasteiger partial charge in [-0.05, 0) is 66.1 Å². The topological polar surface area (TPSA) is 142 Å². The number of allylic oxidation sites excluding steroid dienone is 2. The van der Waals surface area contributed by atoms with Crippen LogP contribution < -0.4 is 0 Å². The molecule has 202 valence electrons. The van der Waals surface area contributed by atoms with Crippen LogP contribution in [-0.2, 0) is 0 Å². The number of fused-ring (bicyclic) bond motifs is 5. The minimum atomic E-state index is -1.38. The minimum absolute atomic E-state index is 0.0216. The van der Waals surface area contributed by atoms with Crippen LogP contribution in [0.5, 0.6) is 0 Å². The molecular weight excluding hydrogens is 448 g/mol. The van der Waals surface area contributed by atoms with Crippen molar-refractivity contribution in [2.24, 2.45) is 52.3 Å². The van der Waals surface area contributed by atoms with E-state index in [-0.39, 0.29) is 42.6 Å². The lowest BCUT2D eigenvalue weighted by atomic mass is 9.41. The van der Waals surface area contributed by atoms with Gasteiger partial charge in [0.25, 0.3) is 0 Å². The van der Waals surface area contributed by atoms with Crippen LogP contribution in [0.1, 0.15) is 66.7 Å². The minimum Gasteiger partial charge on any atom is -0.396 e. The lowest BCUT2D eigenvalue weighted by Crippen LogP contribution is -2.71. The third-order valence-corrected chi connectivity index (χ3v) is 11.4. The van der Waals surface area contributed by atoms with Gasteiger partial charge in [-0.3, -0.25) is 0 Å². The van der Waals surface area contributed by atoms with Crippen LogP contribution >= 0.6 is 0 Å². The van der Waals surface area contributed by atoms with E-state index in [4.69, 9.17) is 0 Å². The van der Waals surface area contributed by atoms with Gasteiger partial charge in [-0.2, -0.15) is 0 Å². The molecule has 0 bridgehead atoms. The highest BCUT2D eigenvalue weighted by molar-refractivity contribution is 5.23. The zero-order chi connectivity index (χ0) is 26.1. The van der Waals surface area contributed by atoms with Gasteiger partial charge in [-0.15, -0.1) is 0 Å². The van der Waals surface area contributed by atoms with Gasteiger partial charge in [-0.1, -0.05) is 46.8 Å². The molecule has 4 fully saturated rings. The number of hydrogen-bond acceptors (Lipinski definition) is 7. The summed E-state index contributed by atoms with van der Waals surface area (Å²) in [5.41, 5.74) is -2.48. The van der Waals surface area contributed by atoms with E-state index in [2.05, 4.69) is 26.0 Å². The van der Waals surface area contributed by atoms with Crippen molar-refractivity contribution < 1.29 is 35.7 Å². The highest BCUT2D eigenvalue weighted by Gasteiger charge is 2.73. The number of rotatable bonds is 5. The predicted molar refractivity (Wildman–Crippen MR) is 132 cm³/mol. The Bertz CT molecular complexity index is 804. The molecule has 4 aliphatic carbocycles. The Kier molecular flexibility index (Phi) is 7.33. The van der Waals surface area contributed by atoms with Gasteiger partial charge in [0.2, 0.25) is 0 Å². The summed E-state index contributed by atoms with van der Waals surface area (Å²) in [5, 5.41) is 76.8. The Morgan fingerprint density at radius 1 is 0.829 bits per heavy atom. The summed E-state index contributed by atoms with van der Waals surface area (Å²) in [7, 11) is 0. The summed E-state index contributed by atoms with van der Waals surface area (Å²) in [4.78, 5) is 0. The SMILES string of the molecule is CC(/C=C/C(C)[C@H]1[C@@H](O)[C@H](O)[C@@H]2[C@]1(C)CCC1[C@@]3(C)CC[C@H](O)[C@H](O)[C@@H]3[C@@H](O)C[C@]12O)C(C)CO. The van der Waals surface area contributed by atoms with E-state index in [9.17, 15) is 35.7 Å². The quantitative estimate of drug-likeness (QED) is 0.286. The van der Waals surface area contributed by atoms with Crippen LogP contribution in [0.15, 0.2) is 12.2 Å². The van der Waals surface area contributed by atoms with Crippen LogP contribution in [0, 0.1) is 52.3 Å². The Hall–Kier alpha value is -0.540. The second-order valence-electron chi connectivity index (χ2n) is 13.2. The monoisotopic (exact) mass is 496 g/mol. The molecule has 4 unspecified atom stereocenters. The van der Waals surface area contributed by atoms with Gasteiger partial charge in [0, 0.05) is 24.9 Å². The standard InChI is InChI=1S/C28H48O7/c1-14(16(3)13-29)6-7-15(2)20-23(33)24(34)25-27(20,5)11-9-19-26(4)10-8-17(30)22(32)21(26)18(31)12-28(19,25)35/h6-7,14-25,29-35H,8-13H2,1-5H3/b7-6+/t14?,15?,16?,17-,18-,19?,20-,21-,22-,23+,24-,25+,26+,27+,28-/m0/s1. The number of hydrogen-bond donors (Lipinski definition) is 7. The van der Waals surface area contributed by atoms with Crippen LogP contribution in [0.3, 0.4) is 0 Å². The summed E-state index contributed by atoms with van der Waals surface area (Å²) in [5.74, 6) is -1.40. The summed E-state index contributed by atoms with van der Waals surface area (Å²) in [6.45, 7) is 10.3. The maximum Gasteiger partial charge on any atom is 0.0863 e.